The van der Waals surface area contributed by atoms with Crippen LogP contribution < -0.4 is 10.2 Å². The molecule has 2 saturated heterocycles. The van der Waals surface area contributed by atoms with Crippen LogP contribution in [0.3, 0.4) is 0 Å². The summed E-state index contributed by atoms with van der Waals surface area (Å²) in [6.07, 6.45) is 3.76. The number of carbonyl (C=O) groups is 1. The van der Waals surface area contributed by atoms with Gasteiger partial charge < -0.3 is 20.0 Å². The first kappa shape index (κ1) is 20.8. The average molecular weight is 408 g/mol. The van der Waals surface area contributed by atoms with Crippen molar-refractivity contribution in [3.63, 3.8) is 0 Å². The quantitative estimate of drug-likeness (QED) is 0.588. The lowest BCUT2D eigenvalue weighted by atomic mass is 10.00. The second-order valence-corrected chi connectivity index (χ2v) is 8.36. The molecule has 2 aliphatic rings. The van der Waals surface area contributed by atoms with Gasteiger partial charge in [-0.25, -0.2) is 4.98 Å². The highest BCUT2D eigenvalue weighted by Gasteiger charge is 2.23. The van der Waals surface area contributed by atoms with Gasteiger partial charge in [0.1, 0.15) is 5.82 Å². The highest BCUT2D eigenvalue weighted by Crippen LogP contribution is 2.19. The summed E-state index contributed by atoms with van der Waals surface area (Å²) in [5, 5.41) is 4.39. The summed E-state index contributed by atoms with van der Waals surface area (Å²) in [6.45, 7) is 10.3. The zero-order chi connectivity index (χ0) is 19.9. The summed E-state index contributed by atoms with van der Waals surface area (Å²) >= 11 is 1.48. The van der Waals surface area contributed by atoms with Gasteiger partial charge in [-0.2, -0.15) is 4.37 Å². The second-order valence-electron chi connectivity index (χ2n) is 7.63. The molecular weight excluding hydrogens is 374 g/mol. The number of nitrogens with zero attached hydrogens (tertiary/aromatic N) is 6. The fraction of sp³-hybridized carbons (Fsp3) is 0.789. The van der Waals surface area contributed by atoms with Gasteiger partial charge in [0.2, 0.25) is 11.0 Å². The second kappa shape index (κ2) is 10.0. The van der Waals surface area contributed by atoms with Crippen molar-refractivity contribution in [2.45, 2.75) is 39.5 Å². The molecule has 3 rings (SSSR count). The zero-order valence-corrected chi connectivity index (χ0v) is 18.2. The predicted molar refractivity (Wildman–Crippen MR) is 114 cm³/mol. The van der Waals surface area contributed by atoms with Crippen LogP contribution in [-0.4, -0.2) is 83.9 Å². The number of amides is 1. The van der Waals surface area contributed by atoms with Gasteiger partial charge in [0.15, 0.2) is 5.96 Å². The van der Waals surface area contributed by atoms with Crippen LogP contribution >= 0.6 is 11.5 Å². The van der Waals surface area contributed by atoms with Crippen LogP contribution in [0.1, 0.15) is 38.9 Å². The van der Waals surface area contributed by atoms with Crippen molar-refractivity contribution in [3.8, 4) is 0 Å². The molecule has 1 unspecified atom stereocenters. The Hall–Kier alpha value is -1.90. The number of carbonyl (C=O) groups excluding carboxylic acids is 1. The minimum atomic E-state index is 0.252. The first-order valence-corrected chi connectivity index (χ1v) is 11.2. The minimum Gasteiger partial charge on any atom is -0.356 e. The first-order valence-electron chi connectivity index (χ1n) is 10.4. The van der Waals surface area contributed by atoms with Gasteiger partial charge in [-0.15, -0.1) is 0 Å². The molecular formula is C19H33N7OS. The fourth-order valence-corrected chi connectivity index (χ4v) is 4.62. The normalized spacial score (nSPS) is 21.2. The monoisotopic (exact) mass is 407 g/mol. The third-order valence-corrected chi connectivity index (χ3v) is 6.28. The van der Waals surface area contributed by atoms with E-state index in [-0.39, 0.29) is 5.91 Å². The van der Waals surface area contributed by atoms with Gasteiger partial charge in [0, 0.05) is 77.2 Å². The Morgan fingerprint density at radius 3 is 2.68 bits per heavy atom. The number of likely N-dealkylation sites (tertiary alicyclic amines) is 1. The molecule has 0 bridgehead atoms. The lowest BCUT2D eigenvalue weighted by Crippen LogP contribution is -2.53. The number of aromatic nitrogens is 2. The summed E-state index contributed by atoms with van der Waals surface area (Å²) in [7, 11) is 1.81. The van der Waals surface area contributed by atoms with Crippen LogP contribution in [0.15, 0.2) is 4.99 Å². The molecule has 28 heavy (non-hydrogen) atoms. The van der Waals surface area contributed by atoms with E-state index in [1.54, 1.807) is 7.05 Å². The lowest BCUT2D eigenvalue weighted by molar-refractivity contribution is -0.132. The van der Waals surface area contributed by atoms with E-state index in [0.29, 0.717) is 18.9 Å². The highest BCUT2D eigenvalue weighted by molar-refractivity contribution is 7.09. The lowest BCUT2D eigenvalue weighted by Gasteiger charge is -2.36. The number of guanidine groups is 1. The minimum absolute atomic E-state index is 0.252. The molecule has 2 fully saturated rings. The van der Waals surface area contributed by atoms with Crippen LogP contribution in [0, 0.1) is 5.92 Å². The van der Waals surface area contributed by atoms with Crippen LogP contribution in [0.2, 0.25) is 0 Å². The third kappa shape index (κ3) is 5.33. The van der Waals surface area contributed by atoms with Crippen molar-refractivity contribution in [1.82, 2.24) is 24.5 Å². The number of piperazine rings is 1. The topological polar surface area (TPSA) is 77.0 Å². The summed E-state index contributed by atoms with van der Waals surface area (Å²) in [4.78, 5) is 28.0. The van der Waals surface area contributed by atoms with E-state index in [1.807, 2.05) is 4.90 Å². The predicted octanol–water partition coefficient (Wildman–Crippen LogP) is 1.45. The average Bonchev–Trinajstić information content (AvgIpc) is 3.20. The van der Waals surface area contributed by atoms with Crippen molar-refractivity contribution in [1.29, 1.82) is 0 Å². The molecule has 0 aromatic carbocycles. The van der Waals surface area contributed by atoms with E-state index in [2.05, 4.69) is 43.3 Å². The SMILES string of the molecule is CCc1nsc(N2CCN(C(=NC)NCCC(=O)N3CCCC(C)C3)CC2)n1. The van der Waals surface area contributed by atoms with E-state index >= 15 is 0 Å². The van der Waals surface area contributed by atoms with Gasteiger partial charge in [0.05, 0.1) is 0 Å². The van der Waals surface area contributed by atoms with Gasteiger partial charge in [-0.1, -0.05) is 13.8 Å². The third-order valence-electron chi connectivity index (χ3n) is 5.47. The Kier molecular flexibility index (Phi) is 7.47. The number of aryl methyl sites for hydroxylation is 1. The number of aliphatic imine (C=N–C) groups is 1. The van der Waals surface area contributed by atoms with Gasteiger partial charge >= 0.3 is 0 Å². The van der Waals surface area contributed by atoms with Crippen LogP contribution in [0.4, 0.5) is 5.13 Å². The fourth-order valence-electron chi connectivity index (χ4n) is 3.81. The molecule has 1 atom stereocenters. The molecule has 3 heterocycles. The van der Waals surface area contributed by atoms with Crippen molar-refractivity contribution in [2.24, 2.45) is 10.9 Å². The molecule has 0 spiro atoms. The molecule has 1 amide bonds. The van der Waals surface area contributed by atoms with Crippen molar-refractivity contribution < 1.29 is 4.79 Å². The maximum atomic E-state index is 12.4. The number of anilines is 1. The van der Waals surface area contributed by atoms with Crippen LogP contribution in [0.25, 0.3) is 0 Å². The van der Waals surface area contributed by atoms with Gasteiger partial charge in [-0.05, 0) is 18.8 Å². The molecule has 0 radical (unpaired) electrons. The molecule has 1 aromatic rings. The van der Waals surface area contributed by atoms with Crippen molar-refractivity contribution in [2.75, 3.05) is 57.8 Å². The van der Waals surface area contributed by atoms with Gasteiger partial charge in [0.25, 0.3) is 0 Å². The van der Waals surface area contributed by atoms with E-state index in [4.69, 9.17) is 0 Å². The maximum Gasteiger partial charge on any atom is 0.224 e. The summed E-state index contributed by atoms with van der Waals surface area (Å²) < 4.78 is 4.38. The Bertz CT molecular complexity index is 669. The Labute approximate surface area is 172 Å². The Morgan fingerprint density at radius 1 is 1.25 bits per heavy atom. The molecule has 0 saturated carbocycles. The summed E-state index contributed by atoms with van der Waals surface area (Å²) in [5.41, 5.74) is 0. The summed E-state index contributed by atoms with van der Waals surface area (Å²) in [6, 6.07) is 0. The van der Waals surface area contributed by atoms with Crippen LogP contribution in [-0.2, 0) is 11.2 Å². The largest absolute Gasteiger partial charge is 0.356 e. The Morgan fingerprint density at radius 2 is 2.04 bits per heavy atom. The smallest absolute Gasteiger partial charge is 0.224 e. The molecule has 9 heteroatoms. The van der Waals surface area contributed by atoms with Crippen molar-refractivity contribution >= 4 is 28.5 Å². The maximum absolute atomic E-state index is 12.4. The van der Waals surface area contributed by atoms with E-state index in [1.165, 1.54) is 18.0 Å². The van der Waals surface area contributed by atoms with E-state index < -0.39 is 0 Å². The Balaban J connectivity index is 1.41. The zero-order valence-electron chi connectivity index (χ0n) is 17.4. The molecule has 1 aromatic heterocycles. The van der Waals surface area contributed by atoms with E-state index in [0.717, 1.165) is 69.0 Å². The molecule has 156 valence electrons. The number of rotatable bonds is 5. The van der Waals surface area contributed by atoms with E-state index in [9.17, 15) is 4.79 Å². The highest BCUT2D eigenvalue weighted by atomic mass is 32.1. The van der Waals surface area contributed by atoms with Crippen molar-refractivity contribution in [3.05, 3.63) is 5.82 Å². The molecule has 1 N–H and O–H groups in total. The van der Waals surface area contributed by atoms with Gasteiger partial charge in [-0.3, -0.25) is 9.79 Å². The number of hydrogen-bond acceptors (Lipinski definition) is 6. The molecule has 0 aliphatic carbocycles. The standard InChI is InChI=1S/C19H33N7OS/c1-4-16-22-19(28-23-16)25-12-10-24(11-13-25)18(20-3)21-8-7-17(27)26-9-5-6-15(2)14-26/h15H,4-14H2,1-3H3,(H,20,21). The first-order chi connectivity index (χ1) is 13.6. The number of piperidine rings is 1. The summed E-state index contributed by atoms with van der Waals surface area (Å²) in [5.74, 6) is 2.68. The number of hydrogen-bond donors (Lipinski definition) is 1. The molecule has 2 aliphatic heterocycles. The number of nitrogens with one attached hydrogen (secondary N) is 1. The van der Waals surface area contributed by atoms with Crippen LogP contribution in [0.5, 0.6) is 0 Å². The molecule has 8 nitrogen and oxygen atoms in total.